The van der Waals surface area contributed by atoms with Crippen LogP contribution in [-0.2, 0) is 0 Å². The van der Waals surface area contributed by atoms with E-state index in [1.807, 2.05) is 7.05 Å². The van der Waals surface area contributed by atoms with Crippen molar-refractivity contribution in [1.82, 2.24) is 5.32 Å². The average Bonchev–Trinajstić information content (AvgIpc) is 2.10. The van der Waals surface area contributed by atoms with Crippen molar-refractivity contribution in [2.75, 3.05) is 7.05 Å². The van der Waals surface area contributed by atoms with Gasteiger partial charge in [0.25, 0.3) is 0 Å². The Morgan fingerprint density at radius 2 is 1.71 bits per heavy atom. The largest absolute Gasteiger partial charge is 0.390 e. The smallest absolute Gasteiger partial charge is 0.0586 e. The number of rotatable bonds is 3. The van der Waals surface area contributed by atoms with Crippen LogP contribution in [0.1, 0.15) is 48.0 Å². The molecule has 0 bridgehead atoms. The number of nitrogens with zero attached hydrogens (tertiary/aromatic N) is 1. The van der Waals surface area contributed by atoms with E-state index in [9.17, 15) is 0 Å². The fraction of sp³-hybridized carbons (Fsp3) is 0.750. The second-order valence-corrected chi connectivity index (χ2v) is 4.62. The first-order valence-electron chi connectivity index (χ1n) is 5.26. The molecule has 14 heavy (non-hydrogen) atoms. The number of hydrogen-bond acceptors (Lipinski definition) is 2. The molecule has 0 amide bonds. The quantitative estimate of drug-likeness (QED) is 0.688. The topological polar surface area (TPSA) is 24.4 Å². The lowest BCUT2D eigenvalue weighted by Crippen LogP contribution is -2.17. The average molecular weight is 196 g/mol. The molecular weight excluding hydrogens is 172 g/mol. The van der Waals surface area contributed by atoms with Gasteiger partial charge in [0.2, 0.25) is 0 Å². The molecule has 2 nitrogen and oxygen atoms in total. The molecule has 2 heteroatoms. The van der Waals surface area contributed by atoms with Gasteiger partial charge >= 0.3 is 0 Å². The number of aliphatic imine (C=N–C) groups is 1. The van der Waals surface area contributed by atoms with E-state index in [1.165, 1.54) is 5.71 Å². The Kier molecular flexibility index (Phi) is 4.89. The lowest BCUT2D eigenvalue weighted by atomic mass is 9.91. The molecule has 0 rings (SSSR count). The third-order valence-corrected chi connectivity index (χ3v) is 2.53. The summed E-state index contributed by atoms with van der Waals surface area (Å²) < 4.78 is 0. The van der Waals surface area contributed by atoms with E-state index >= 15 is 0 Å². The second-order valence-electron chi connectivity index (χ2n) is 4.62. The summed E-state index contributed by atoms with van der Waals surface area (Å²) in [6.45, 7) is 12.9. The molecular formula is C12H24N2. The van der Waals surface area contributed by atoms with Crippen molar-refractivity contribution in [1.29, 1.82) is 0 Å². The summed E-state index contributed by atoms with van der Waals surface area (Å²) in [4.78, 5) is 4.67. The zero-order valence-electron chi connectivity index (χ0n) is 10.7. The van der Waals surface area contributed by atoms with E-state index < -0.39 is 0 Å². The van der Waals surface area contributed by atoms with Gasteiger partial charge in [-0.05, 0) is 25.7 Å². The van der Waals surface area contributed by atoms with Crippen LogP contribution in [0.15, 0.2) is 16.4 Å². The molecule has 82 valence electrons. The molecule has 0 unspecified atom stereocenters. The molecule has 0 radical (unpaired) electrons. The summed E-state index contributed by atoms with van der Waals surface area (Å²) >= 11 is 0. The van der Waals surface area contributed by atoms with Gasteiger partial charge in [-0.1, -0.05) is 27.7 Å². The maximum Gasteiger partial charge on any atom is 0.0586 e. The van der Waals surface area contributed by atoms with E-state index in [1.54, 1.807) is 0 Å². The normalized spacial score (nSPS) is 15.2. The SMILES string of the molecule is CC/C(N=C(C)C(C)(C)C)=C(/C)NC. The van der Waals surface area contributed by atoms with E-state index in [4.69, 9.17) is 0 Å². The van der Waals surface area contributed by atoms with Crippen LogP contribution in [0, 0.1) is 5.41 Å². The van der Waals surface area contributed by atoms with Gasteiger partial charge in [-0.15, -0.1) is 0 Å². The fourth-order valence-electron chi connectivity index (χ4n) is 0.943. The summed E-state index contributed by atoms with van der Waals surface area (Å²) in [5.74, 6) is 0. The maximum atomic E-state index is 4.67. The van der Waals surface area contributed by atoms with Gasteiger partial charge in [0.1, 0.15) is 0 Å². The highest BCUT2D eigenvalue weighted by Gasteiger charge is 2.14. The lowest BCUT2D eigenvalue weighted by Gasteiger charge is -2.19. The Bertz CT molecular complexity index is 242. The summed E-state index contributed by atoms with van der Waals surface area (Å²) in [6, 6.07) is 0. The molecule has 0 atom stereocenters. The highest BCUT2D eigenvalue weighted by atomic mass is 14.9. The van der Waals surface area contributed by atoms with Crippen molar-refractivity contribution in [3.8, 4) is 0 Å². The number of allylic oxidation sites excluding steroid dienone is 2. The predicted octanol–water partition coefficient (Wildman–Crippen LogP) is 3.35. The minimum atomic E-state index is 0.161. The van der Waals surface area contributed by atoms with E-state index in [-0.39, 0.29) is 5.41 Å². The summed E-state index contributed by atoms with van der Waals surface area (Å²) in [7, 11) is 1.94. The van der Waals surface area contributed by atoms with E-state index in [0.29, 0.717) is 0 Å². The first-order valence-corrected chi connectivity index (χ1v) is 5.26. The van der Waals surface area contributed by atoms with Gasteiger partial charge in [-0.2, -0.15) is 0 Å². The number of nitrogens with one attached hydrogen (secondary N) is 1. The lowest BCUT2D eigenvalue weighted by molar-refractivity contribution is 0.586. The van der Waals surface area contributed by atoms with Gasteiger partial charge in [0.15, 0.2) is 0 Å². The zero-order valence-corrected chi connectivity index (χ0v) is 10.7. The summed E-state index contributed by atoms with van der Waals surface area (Å²) in [5.41, 5.74) is 3.66. The summed E-state index contributed by atoms with van der Waals surface area (Å²) in [6.07, 6.45) is 0.972. The van der Waals surface area contributed by atoms with Gasteiger partial charge < -0.3 is 5.32 Å². The molecule has 0 aliphatic rings. The first-order chi connectivity index (χ1) is 6.32. The second kappa shape index (κ2) is 5.18. The van der Waals surface area contributed by atoms with Crippen molar-refractivity contribution in [2.45, 2.75) is 48.0 Å². The van der Waals surface area contributed by atoms with Gasteiger partial charge in [-0.3, -0.25) is 4.99 Å². The van der Waals surface area contributed by atoms with Crippen LogP contribution < -0.4 is 5.32 Å². The molecule has 0 saturated heterocycles. The molecule has 0 aromatic heterocycles. The number of hydrogen-bond donors (Lipinski definition) is 1. The van der Waals surface area contributed by atoms with Crippen molar-refractivity contribution in [3.05, 3.63) is 11.4 Å². The molecule has 0 aliphatic carbocycles. The molecule has 0 spiro atoms. The van der Waals surface area contributed by atoms with Gasteiger partial charge in [0, 0.05) is 18.5 Å². The van der Waals surface area contributed by atoms with Crippen LogP contribution in [-0.4, -0.2) is 12.8 Å². The van der Waals surface area contributed by atoms with Crippen LogP contribution >= 0.6 is 0 Å². The molecule has 1 N–H and O–H groups in total. The minimum Gasteiger partial charge on any atom is -0.390 e. The molecule has 0 aromatic rings. The molecule has 0 saturated carbocycles. The van der Waals surface area contributed by atoms with Crippen LogP contribution in [0.4, 0.5) is 0 Å². The minimum absolute atomic E-state index is 0.161. The molecule has 0 fully saturated rings. The van der Waals surface area contributed by atoms with Crippen LogP contribution in [0.3, 0.4) is 0 Å². The Morgan fingerprint density at radius 1 is 1.21 bits per heavy atom. The van der Waals surface area contributed by atoms with Crippen molar-refractivity contribution < 1.29 is 0 Å². The highest BCUT2D eigenvalue weighted by molar-refractivity contribution is 5.87. The zero-order chi connectivity index (χ0) is 11.4. The molecule has 0 aromatic carbocycles. The van der Waals surface area contributed by atoms with Crippen molar-refractivity contribution >= 4 is 5.71 Å². The van der Waals surface area contributed by atoms with Crippen LogP contribution in [0.2, 0.25) is 0 Å². The third kappa shape index (κ3) is 3.95. The maximum absolute atomic E-state index is 4.67. The Labute approximate surface area is 88.5 Å². The van der Waals surface area contributed by atoms with Crippen LogP contribution in [0.25, 0.3) is 0 Å². The molecule has 0 aliphatic heterocycles. The monoisotopic (exact) mass is 196 g/mol. The van der Waals surface area contributed by atoms with E-state index in [0.717, 1.165) is 17.8 Å². The standard InChI is InChI=1S/C12H24N2/c1-8-11(9(2)13-7)14-10(3)12(4,5)6/h13H,8H2,1-7H3/b11-9+,14-10?. The molecule has 0 heterocycles. The van der Waals surface area contributed by atoms with Gasteiger partial charge in [-0.25, -0.2) is 0 Å². The Balaban J connectivity index is 4.95. The highest BCUT2D eigenvalue weighted by Crippen LogP contribution is 2.19. The summed E-state index contributed by atoms with van der Waals surface area (Å²) in [5, 5.41) is 3.15. The van der Waals surface area contributed by atoms with E-state index in [2.05, 4.69) is 51.9 Å². The Hall–Kier alpha value is -0.790. The predicted molar refractivity (Wildman–Crippen MR) is 64.6 cm³/mol. The van der Waals surface area contributed by atoms with Gasteiger partial charge in [0.05, 0.1) is 5.70 Å². The van der Waals surface area contributed by atoms with Crippen LogP contribution in [0.5, 0.6) is 0 Å². The van der Waals surface area contributed by atoms with Crippen molar-refractivity contribution in [2.24, 2.45) is 10.4 Å². The Morgan fingerprint density at radius 3 is 2.00 bits per heavy atom. The third-order valence-electron chi connectivity index (χ3n) is 2.53. The van der Waals surface area contributed by atoms with Crippen molar-refractivity contribution in [3.63, 3.8) is 0 Å². The first kappa shape index (κ1) is 13.2. The fourth-order valence-corrected chi connectivity index (χ4v) is 0.943.